The Kier molecular flexibility index (Phi) is 3.91. The van der Waals surface area contributed by atoms with E-state index >= 15 is 0 Å². The molecule has 1 aromatic heterocycles. The molecule has 0 atom stereocenters. The molecule has 100 valence electrons. The average molecular weight is 348 g/mol. The molecule has 0 bridgehead atoms. The molecule has 0 saturated carbocycles. The molecule has 2 rings (SSSR count). The van der Waals surface area contributed by atoms with E-state index in [9.17, 15) is 9.18 Å². The highest BCUT2D eigenvalue weighted by Gasteiger charge is 2.17. The van der Waals surface area contributed by atoms with Crippen LogP contribution in [0.1, 0.15) is 5.82 Å². The Balaban J connectivity index is 2.75. The number of aromatic amines is 1. The van der Waals surface area contributed by atoms with E-state index in [1.807, 2.05) is 0 Å². The summed E-state index contributed by atoms with van der Waals surface area (Å²) in [5, 5.41) is -0.158. The van der Waals surface area contributed by atoms with Crippen molar-refractivity contribution >= 4 is 27.5 Å². The van der Waals surface area contributed by atoms with Crippen molar-refractivity contribution in [3.63, 3.8) is 0 Å². The van der Waals surface area contributed by atoms with Crippen molar-refractivity contribution in [2.24, 2.45) is 0 Å². The van der Waals surface area contributed by atoms with Crippen LogP contribution in [0.25, 0.3) is 11.3 Å². The van der Waals surface area contributed by atoms with Crippen molar-refractivity contribution in [2.45, 2.75) is 6.92 Å². The number of H-pyrrole nitrogens is 1. The summed E-state index contributed by atoms with van der Waals surface area (Å²) < 4.78 is 19.6. The number of nitrogens with zero attached hydrogens (tertiary/aromatic N) is 1. The normalized spacial score (nSPS) is 10.6. The standard InChI is InChI=1S/C12H9BrClFN2O2/c1-5-16-11(10(14)12(18)17-5)6-3-9(19-2)7(13)4-8(6)15/h3-4H,1-2H3,(H,16,17,18). The molecule has 1 heterocycles. The summed E-state index contributed by atoms with van der Waals surface area (Å²) in [6, 6.07) is 2.68. The lowest BCUT2D eigenvalue weighted by Crippen LogP contribution is -2.12. The van der Waals surface area contributed by atoms with Gasteiger partial charge < -0.3 is 9.72 Å². The highest BCUT2D eigenvalue weighted by atomic mass is 79.9. The number of nitrogens with one attached hydrogen (secondary N) is 1. The van der Waals surface area contributed by atoms with Crippen LogP contribution in [0, 0.1) is 12.7 Å². The molecule has 0 amide bonds. The fraction of sp³-hybridized carbons (Fsp3) is 0.167. The van der Waals surface area contributed by atoms with Crippen LogP contribution in [0.5, 0.6) is 5.75 Å². The molecular formula is C12H9BrClFN2O2. The zero-order valence-electron chi connectivity index (χ0n) is 10.1. The SMILES string of the molecule is COc1cc(-c2nc(C)[nH]c(=O)c2Cl)c(F)cc1Br. The lowest BCUT2D eigenvalue weighted by molar-refractivity contribution is 0.411. The molecule has 0 aliphatic rings. The zero-order valence-corrected chi connectivity index (χ0v) is 12.4. The van der Waals surface area contributed by atoms with E-state index in [1.165, 1.54) is 19.2 Å². The summed E-state index contributed by atoms with van der Waals surface area (Å²) >= 11 is 9.06. The Hall–Kier alpha value is -1.40. The molecule has 1 N–H and O–H groups in total. The molecule has 4 nitrogen and oxygen atoms in total. The van der Waals surface area contributed by atoms with Crippen LogP contribution in [0.15, 0.2) is 21.4 Å². The maximum Gasteiger partial charge on any atom is 0.270 e. The Bertz CT molecular complexity index is 703. The monoisotopic (exact) mass is 346 g/mol. The summed E-state index contributed by atoms with van der Waals surface area (Å²) in [7, 11) is 1.46. The van der Waals surface area contributed by atoms with Gasteiger partial charge in [0.15, 0.2) is 0 Å². The van der Waals surface area contributed by atoms with Crippen molar-refractivity contribution < 1.29 is 9.13 Å². The smallest absolute Gasteiger partial charge is 0.270 e. The van der Waals surface area contributed by atoms with E-state index < -0.39 is 11.4 Å². The molecule has 19 heavy (non-hydrogen) atoms. The van der Waals surface area contributed by atoms with E-state index in [0.717, 1.165) is 0 Å². The number of aromatic nitrogens is 2. The first kappa shape index (κ1) is 14.0. The van der Waals surface area contributed by atoms with Crippen molar-refractivity contribution in [2.75, 3.05) is 7.11 Å². The minimum Gasteiger partial charge on any atom is -0.496 e. The molecule has 0 saturated heterocycles. The predicted molar refractivity (Wildman–Crippen MR) is 74.3 cm³/mol. The average Bonchev–Trinajstić information content (AvgIpc) is 2.34. The second-order valence-corrected chi connectivity index (χ2v) is 5.01. The van der Waals surface area contributed by atoms with E-state index in [4.69, 9.17) is 16.3 Å². The van der Waals surface area contributed by atoms with Crippen LogP contribution in [0.4, 0.5) is 4.39 Å². The lowest BCUT2D eigenvalue weighted by Gasteiger charge is -2.09. The Morgan fingerprint density at radius 1 is 1.47 bits per heavy atom. The second kappa shape index (κ2) is 5.30. The molecule has 0 aliphatic heterocycles. The number of hydrogen-bond donors (Lipinski definition) is 1. The maximum absolute atomic E-state index is 14.0. The number of rotatable bonds is 2. The van der Waals surface area contributed by atoms with E-state index in [0.29, 0.717) is 16.0 Å². The first-order valence-corrected chi connectivity index (χ1v) is 6.41. The van der Waals surface area contributed by atoms with Crippen LogP contribution in [0.2, 0.25) is 5.02 Å². The van der Waals surface area contributed by atoms with Crippen molar-refractivity contribution in [3.8, 4) is 17.0 Å². The van der Waals surface area contributed by atoms with E-state index in [1.54, 1.807) is 6.92 Å². The first-order chi connectivity index (χ1) is 8.93. The van der Waals surface area contributed by atoms with Gasteiger partial charge in [0.1, 0.15) is 22.4 Å². The van der Waals surface area contributed by atoms with Gasteiger partial charge in [-0.1, -0.05) is 11.6 Å². The topological polar surface area (TPSA) is 55.0 Å². The molecule has 0 spiro atoms. The highest BCUT2D eigenvalue weighted by molar-refractivity contribution is 9.10. The number of benzene rings is 1. The van der Waals surface area contributed by atoms with Gasteiger partial charge in [0.05, 0.1) is 17.3 Å². The molecule has 7 heteroatoms. The largest absolute Gasteiger partial charge is 0.496 e. The van der Waals surface area contributed by atoms with Gasteiger partial charge in [0, 0.05) is 5.56 Å². The quantitative estimate of drug-likeness (QED) is 0.907. The molecular weight excluding hydrogens is 338 g/mol. The lowest BCUT2D eigenvalue weighted by atomic mass is 10.1. The van der Waals surface area contributed by atoms with Gasteiger partial charge in [0.2, 0.25) is 0 Å². The van der Waals surface area contributed by atoms with E-state index in [2.05, 4.69) is 25.9 Å². The summed E-state index contributed by atoms with van der Waals surface area (Å²) in [6.07, 6.45) is 0. The zero-order chi connectivity index (χ0) is 14.2. The Morgan fingerprint density at radius 3 is 2.79 bits per heavy atom. The van der Waals surface area contributed by atoms with Crippen molar-refractivity contribution in [3.05, 3.63) is 43.6 Å². The molecule has 2 aromatic rings. The van der Waals surface area contributed by atoms with E-state index in [-0.39, 0.29) is 16.3 Å². The number of methoxy groups -OCH3 is 1. The predicted octanol–water partition coefficient (Wildman–Crippen LogP) is 3.31. The molecule has 0 unspecified atom stereocenters. The minimum atomic E-state index is -0.549. The fourth-order valence-electron chi connectivity index (χ4n) is 1.62. The fourth-order valence-corrected chi connectivity index (χ4v) is 2.29. The maximum atomic E-state index is 14.0. The van der Waals surface area contributed by atoms with Crippen LogP contribution >= 0.6 is 27.5 Å². The molecule has 1 aromatic carbocycles. The van der Waals surface area contributed by atoms with Gasteiger partial charge in [-0.15, -0.1) is 0 Å². The summed E-state index contributed by atoms with van der Waals surface area (Å²) in [6.45, 7) is 1.59. The molecule has 0 radical (unpaired) electrons. The van der Waals surface area contributed by atoms with Gasteiger partial charge >= 0.3 is 0 Å². The first-order valence-electron chi connectivity index (χ1n) is 5.24. The number of aryl methyl sites for hydroxylation is 1. The van der Waals surface area contributed by atoms with Crippen LogP contribution < -0.4 is 10.3 Å². The number of ether oxygens (including phenoxy) is 1. The van der Waals surface area contributed by atoms with Gasteiger partial charge in [0.25, 0.3) is 5.56 Å². The van der Waals surface area contributed by atoms with Crippen LogP contribution in [0.3, 0.4) is 0 Å². The number of hydrogen-bond acceptors (Lipinski definition) is 3. The van der Waals surface area contributed by atoms with Gasteiger partial charge in [-0.25, -0.2) is 9.37 Å². The summed E-state index contributed by atoms with van der Waals surface area (Å²) in [4.78, 5) is 18.1. The van der Waals surface area contributed by atoms with Crippen LogP contribution in [-0.4, -0.2) is 17.1 Å². The summed E-state index contributed by atoms with van der Waals surface area (Å²) in [5.41, 5.74) is -0.309. The molecule has 0 fully saturated rings. The van der Waals surface area contributed by atoms with Crippen LogP contribution in [-0.2, 0) is 0 Å². The van der Waals surface area contributed by atoms with Crippen molar-refractivity contribution in [1.29, 1.82) is 0 Å². The third kappa shape index (κ3) is 2.64. The third-order valence-electron chi connectivity index (χ3n) is 2.48. The number of halogens is 3. The minimum absolute atomic E-state index is 0.0891. The molecule has 0 aliphatic carbocycles. The Labute approximate surface area is 121 Å². The van der Waals surface area contributed by atoms with Gasteiger partial charge in [-0.05, 0) is 35.0 Å². The van der Waals surface area contributed by atoms with Crippen molar-refractivity contribution in [1.82, 2.24) is 9.97 Å². The van der Waals surface area contributed by atoms with Gasteiger partial charge in [-0.2, -0.15) is 0 Å². The highest BCUT2D eigenvalue weighted by Crippen LogP contribution is 2.34. The Morgan fingerprint density at radius 2 is 2.16 bits per heavy atom. The summed E-state index contributed by atoms with van der Waals surface area (Å²) in [5.74, 6) is 0.227. The second-order valence-electron chi connectivity index (χ2n) is 3.78. The third-order valence-corrected chi connectivity index (χ3v) is 3.45. The van der Waals surface area contributed by atoms with Gasteiger partial charge in [-0.3, -0.25) is 4.79 Å².